The van der Waals surface area contributed by atoms with Crippen LogP contribution in [0.1, 0.15) is 23.2 Å². The summed E-state index contributed by atoms with van der Waals surface area (Å²) in [7, 11) is 0. The van der Waals surface area contributed by atoms with Crippen LogP contribution in [0.15, 0.2) is 30.3 Å². The predicted octanol–water partition coefficient (Wildman–Crippen LogP) is 5.21. The van der Waals surface area contributed by atoms with E-state index in [-0.39, 0.29) is 5.75 Å². The molecule has 2 unspecified atom stereocenters. The lowest BCUT2D eigenvalue weighted by Crippen LogP contribution is -2.44. The molecule has 130 valence electrons. The van der Waals surface area contributed by atoms with Crippen molar-refractivity contribution < 1.29 is 35.5 Å². The van der Waals surface area contributed by atoms with Crippen LogP contribution in [0, 0.1) is 0 Å². The van der Waals surface area contributed by atoms with Gasteiger partial charge in [0.1, 0.15) is 0 Å². The molecular weight excluding hydrogens is 349 g/mol. The molecule has 1 aromatic carbocycles. The number of carbonyl (C=O) groups excluding carboxylic acids is 1. The van der Waals surface area contributed by atoms with Crippen molar-refractivity contribution in [1.82, 2.24) is 0 Å². The molecule has 0 fully saturated rings. The Morgan fingerprint density at radius 2 is 1.57 bits per heavy atom. The van der Waals surface area contributed by atoms with E-state index in [4.69, 9.17) is 0 Å². The van der Waals surface area contributed by atoms with Crippen LogP contribution in [0.4, 0.5) is 30.7 Å². The zero-order valence-electron chi connectivity index (χ0n) is 11.6. The number of thioether (sulfide) groups is 1. The third kappa shape index (κ3) is 6.04. The van der Waals surface area contributed by atoms with Crippen LogP contribution >= 0.6 is 11.8 Å². The molecule has 0 N–H and O–H groups in total. The molecule has 0 radical (unpaired) electrons. The maximum atomic E-state index is 13.2. The Morgan fingerprint density at radius 3 is 2.09 bits per heavy atom. The van der Waals surface area contributed by atoms with Gasteiger partial charge in [-0.1, -0.05) is 42.1 Å². The van der Waals surface area contributed by atoms with Gasteiger partial charge in [-0.2, -0.15) is 13.2 Å². The van der Waals surface area contributed by atoms with Crippen molar-refractivity contribution >= 4 is 16.9 Å². The molecule has 0 saturated carbocycles. The van der Waals surface area contributed by atoms with Crippen LogP contribution < -0.4 is 0 Å². The van der Waals surface area contributed by atoms with E-state index in [1.54, 1.807) is 18.2 Å². The highest BCUT2D eigenvalue weighted by Gasteiger charge is 2.55. The second kappa shape index (κ2) is 8.03. The van der Waals surface area contributed by atoms with E-state index in [1.807, 2.05) is 0 Å². The number of alkyl halides is 7. The first-order valence-electron chi connectivity index (χ1n) is 6.50. The topological polar surface area (TPSA) is 17.1 Å². The highest BCUT2D eigenvalue weighted by atomic mass is 32.2. The number of hydrogen-bond acceptors (Lipinski definition) is 2. The number of halogens is 7. The fourth-order valence-electron chi connectivity index (χ4n) is 1.65. The minimum atomic E-state index is -5.68. The molecule has 0 aliphatic heterocycles. The molecule has 0 saturated heterocycles. The number of benzene rings is 1. The van der Waals surface area contributed by atoms with Crippen LogP contribution in [0.25, 0.3) is 0 Å². The van der Waals surface area contributed by atoms with E-state index in [9.17, 15) is 35.5 Å². The van der Waals surface area contributed by atoms with Gasteiger partial charge in [-0.05, 0) is 6.42 Å². The number of rotatable bonds is 7. The average Bonchev–Trinajstić information content (AvgIpc) is 2.49. The summed E-state index contributed by atoms with van der Waals surface area (Å²) in [5.41, 5.74) is 0.341. The van der Waals surface area contributed by atoms with Crippen molar-refractivity contribution in [3.05, 3.63) is 35.9 Å². The Bertz CT molecular complexity index is 504. The van der Waals surface area contributed by atoms with Gasteiger partial charge in [0.2, 0.25) is 17.5 Å². The van der Waals surface area contributed by atoms with Crippen molar-refractivity contribution in [1.29, 1.82) is 0 Å². The Hall–Kier alpha value is -1.25. The van der Waals surface area contributed by atoms with Gasteiger partial charge in [0.25, 0.3) is 5.92 Å². The Labute approximate surface area is 132 Å². The van der Waals surface area contributed by atoms with Gasteiger partial charge in [-0.15, -0.1) is 0 Å². The van der Waals surface area contributed by atoms with Crippen LogP contribution in [-0.2, 0) is 0 Å². The standard InChI is InChI=1S/C14H13F7OS/c15-10(11(16)14(19,20)21)13(17,18)7-4-8-23-12(22)9-5-2-1-3-6-9/h1-3,5-6,10-11H,4,7-8H2. The summed E-state index contributed by atoms with van der Waals surface area (Å²) in [5.74, 6) is -4.59. The fraction of sp³-hybridized carbons (Fsp3) is 0.500. The first-order chi connectivity index (χ1) is 10.6. The highest BCUT2D eigenvalue weighted by molar-refractivity contribution is 8.14. The molecule has 1 aromatic rings. The van der Waals surface area contributed by atoms with Crippen molar-refractivity contribution in [3.8, 4) is 0 Å². The summed E-state index contributed by atoms with van der Waals surface area (Å²) in [6.45, 7) is 0. The Morgan fingerprint density at radius 1 is 1.00 bits per heavy atom. The van der Waals surface area contributed by atoms with Crippen LogP contribution in [0.2, 0.25) is 0 Å². The first kappa shape index (κ1) is 19.8. The summed E-state index contributed by atoms with van der Waals surface area (Å²) in [6, 6.07) is 7.91. The van der Waals surface area contributed by atoms with Gasteiger partial charge in [0.15, 0.2) is 0 Å². The molecule has 0 aromatic heterocycles. The SMILES string of the molecule is O=C(SCCCC(F)(F)C(F)C(F)C(F)(F)F)c1ccccc1. The molecule has 2 atom stereocenters. The lowest BCUT2D eigenvalue weighted by molar-refractivity contribution is -0.227. The lowest BCUT2D eigenvalue weighted by atomic mass is 10.0. The van der Waals surface area contributed by atoms with Gasteiger partial charge < -0.3 is 0 Å². The molecule has 0 heterocycles. The van der Waals surface area contributed by atoms with Crippen molar-refractivity contribution in [3.63, 3.8) is 0 Å². The van der Waals surface area contributed by atoms with Gasteiger partial charge >= 0.3 is 6.18 Å². The second-order valence-electron chi connectivity index (χ2n) is 4.71. The summed E-state index contributed by atoms with van der Waals surface area (Å²) in [4.78, 5) is 11.6. The third-order valence-corrected chi connectivity index (χ3v) is 3.86. The molecule has 1 nitrogen and oxygen atoms in total. The van der Waals surface area contributed by atoms with E-state index < -0.39 is 42.4 Å². The monoisotopic (exact) mass is 362 g/mol. The molecule has 0 aliphatic carbocycles. The van der Waals surface area contributed by atoms with E-state index in [2.05, 4.69) is 0 Å². The Balaban J connectivity index is 2.43. The zero-order valence-corrected chi connectivity index (χ0v) is 12.4. The van der Waals surface area contributed by atoms with Crippen LogP contribution in [0.3, 0.4) is 0 Å². The minimum Gasteiger partial charge on any atom is -0.282 e. The van der Waals surface area contributed by atoms with E-state index >= 15 is 0 Å². The molecule has 9 heteroatoms. The van der Waals surface area contributed by atoms with Gasteiger partial charge in [0, 0.05) is 17.7 Å². The summed E-state index contributed by atoms with van der Waals surface area (Å²) in [6.07, 6.45) is -15.6. The van der Waals surface area contributed by atoms with Crippen molar-refractivity contribution in [2.75, 3.05) is 5.75 Å². The Kier molecular flexibility index (Phi) is 6.91. The first-order valence-corrected chi connectivity index (χ1v) is 7.49. The van der Waals surface area contributed by atoms with Gasteiger partial charge in [-0.25, -0.2) is 17.6 Å². The van der Waals surface area contributed by atoms with Crippen LogP contribution in [-0.4, -0.2) is 35.3 Å². The summed E-state index contributed by atoms with van der Waals surface area (Å²) < 4.78 is 87.8. The molecule has 0 aliphatic rings. The number of carbonyl (C=O) groups is 1. The van der Waals surface area contributed by atoms with Gasteiger partial charge in [0.05, 0.1) is 0 Å². The molecule has 23 heavy (non-hydrogen) atoms. The third-order valence-electron chi connectivity index (χ3n) is 2.87. The van der Waals surface area contributed by atoms with E-state index in [0.717, 1.165) is 0 Å². The largest absolute Gasteiger partial charge is 0.422 e. The summed E-state index contributed by atoms with van der Waals surface area (Å²) >= 11 is 0.685. The van der Waals surface area contributed by atoms with Crippen molar-refractivity contribution in [2.45, 2.75) is 37.3 Å². The number of hydrogen-bond donors (Lipinski definition) is 0. The zero-order chi connectivity index (χ0) is 17.7. The molecule has 0 bridgehead atoms. The molecule has 1 rings (SSSR count). The average molecular weight is 362 g/mol. The fourth-order valence-corrected chi connectivity index (χ4v) is 2.43. The van der Waals surface area contributed by atoms with E-state index in [1.165, 1.54) is 12.1 Å². The molecule has 0 spiro atoms. The lowest BCUT2D eigenvalue weighted by Gasteiger charge is -2.24. The van der Waals surface area contributed by atoms with Crippen molar-refractivity contribution in [2.24, 2.45) is 0 Å². The molecular formula is C14H13F7OS. The minimum absolute atomic E-state index is 0.140. The maximum absolute atomic E-state index is 13.2. The van der Waals surface area contributed by atoms with E-state index in [0.29, 0.717) is 17.3 Å². The molecule has 0 amide bonds. The maximum Gasteiger partial charge on any atom is 0.422 e. The van der Waals surface area contributed by atoms with Gasteiger partial charge in [-0.3, -0.25) is 4.79 Å². The quantitative estimate of drug-likeness (QED) is 0.489. The summed E-state index contributed by atoms with van der Waals surface area (Å²) in [5, 5.41) is -0.399. The normalized spacial score (nSPS) is 15.3. The second-order valence-corrected chi connectivity index (χ2v) is 5.78. The highest BCUT2D eigenvalue weighted by Crippen LogP contribution is 2.37. The predicted molar refractivity (Wildman–Crippen MR) is 73.3 cm³/mol. The van der Waals surface area contributed by atoms with Crippen LogP contribution in [0.5, 0.6) is 0 Å². The smallest absolute Gasteiger partial charge is 0.282 e.